The van der Waals surface area contributed by atoms with Crippen LogP contribution in [-0.4, -0.2) is 34.9 Å². The number of piperidine rings is 1. The van der Waals surface area contributed by atoms with E-state index in [1.807, 2.05) is 25.1 Å². The zero-order chi connectivity index (χ0) is 21.9. The molecule has 5 heteroatoms. The van der Waals surface area contributed by atoms with Gasteiger partial charge in [-0.25, -0.2) is 4.98 Å². The van der Waals surface area contributed by atoms with Crippen LogP contribution in [0.5, 0.6) is 0 Å². The highest BCUT2D eigenvalue weighted by atomic mass is 16.1. The number of aromatic amines is 1. The molecule has 1 aromatic heterocycles. The van der Waals surface area contributed by atoms with Crippen molar-refractivity contribution in [2.24, 2.45) is 5.92 Å². The number of aromatic nitrogens is 2. The van der Waals surface area contributed by atoms with Crippen LogP contribution in [-0.2, 0) is 6.42 Å². The highest BCUT2D eigenvalue weighted by Crippen LogP contribution is 2.27. The quantitative estimate of drug-likeness (QED) is 0.349. The molecule has 0 saturated carbocycles. The minimum absolute atomic E-state index is 0.146. The number of anilines is 1. The third kappa shape index (κ3) is 4.26. The number of rotatable bonds is 7. The molecule has 0 aliphatic carbocycles. The van der Waals surface area contributed by atoms with Crippen LogP contribution in [0.1, 0.15) is 42.1 Å². The number of ketones is 1. The lowest BCUT2D eigenvalue weighted by Crippen LogP contribution is -2.39. The molecule has 1 fully saturated rings. The largest absolute Gasteiger partial charge is 0.352 e. The van der Waals surface area contributed by atoms with Crippen molar-refractivity contribution in [3.8, 4) is 0 Å². The molecule has 1 saturated heterocycles. The SMILES string of the molecule is CCC(=O)c1ccc2[nH]c(NC(Cc3cccc4ccccc34)C3CCNCC3)nc2c1. The van der Waals surface area contributed by atoms with Gasteiger partial charge in [0.1, 0.15) is 0 Å². The van der Waals surface area contributed by atoms with E-state index in [-0.39, 0.29) is 11.8 Å². The third-order valence-electron chi connectivity index (χ3n) is 6.72. The Morgan fingerprint density at radius 2 is 1.91 bits per heavy atom. The van der Waals surface area contributed by atoms with Gasteiger partial charge in [-0.15, -0.1) is 0 Å². The van der Waals surface area contributed by atoms with Crippen LogP contribution in [0, 0.1) is 5.92 Å². The molecular formula is C27H30N4O. The van der Waals surface area contributed by atoms with Crippen molar-refractivity contribution < 1.29 is 4.79 Å². The van der Waals surface area contributed by atoms with Gasteiger partial charge in [0, 0.05) is 18.0 Å². The average molecular weight is 427 g/mol. The second kappa shape index (κ2) is 9.13. The maximum atomic E-state index is 12.1. The lowest BCUT2D eigenvalue weighted by molar-refractivity contribution is 0.0988. The minimum atomic E-state index is 0.146. The van der Waals surface area contributed by atoms with Gasteiger partial charge >= 0.3 is 0 Å². The van der Waals surface area contributed by atoms with E-state index in [2.05, 4.69) is 58.1 Å². The van der Waals surface area contributed by atoms with Crippen molar-refractivity contribution in [3.05, 3.63) is 71.8 Å². The Hall–Kier alpha value is -3.18. The summed E-state index contributed by atoms with van der Waals surface area (Å²) in [4.78, 5) is 20.3. The third-order valence-corrected chi connectivity index (χ3v) is 6.72. The highest BCUT2D eigenvalue weighted by Gasteiger charge is 2.25. The fourth-order valence-electron chi connectivity index (χ4n) is 4.92. The van der Waals surface area contributed by atoms with Crippen molar-refractivity contribution in [2.75, 3.05) is 18.4 Å². The number of carbonyl (C=O) groups is 1. The van der Waals surface area contributed by atoms with E-state index in [1.165, 1.54) is 16.3 Å². The Bertz CT molecular complexity index is 1230. The number of Topliss-reactive ketones (excluding diaryl/α,β-unsaturated/α-hetero) is 1. The van der Waals surface area contributed by atoms with Gasteiger partial charge in [-0.1, -0.05) is 49.4 Å². The predicted molar refractivity (Wildman–Crippen MR) is 131 cm³/mol. The highest BCUT2D eigenvalue weighted by molar-refractivity contribution is 5.98. The first-order valence-corrected chi connectivity index (χ1v) is 11.7. The standard InChI is InChI=1S/C27H30N4O/c1-2-26(32)21-10-11-23-25(17-21)31-27(29-23)30-24(19-12-14-28-15-13-19)16-20-8-5-7-18-6-3-4-9-22(18)20/h3-11,17,19,24,28H,2,12-16H2,1H3,(H2,29,30,31). The summed E-state index contributed by atoms with van der Waals surface area (Å²) in [6, 6.07) is 21.2. The first kappa shape index (κ1) is 20.7. The Kier molecular flexibility index (Phi) is 5.91. The Balaban J connectivity index is 1.45. The number of imidazole rings is 1. The molecule has 1 aliphatic heterocycles. The van der Waals surface area contributed by atoms with E-state index in [9.17, 15) is 4.79 Å². The summed E-state index contributed by atoms with van der Waals surface area (Å²) in [5, 5.41) is 9.83. The summed E-state index contributed by atoms with van der Waals surface area (Å²) in [5.74, 6) is 1.50. The molecular weight excluding hydrogens is 396 g/mol. The van der Waals surface area contributed by atoms with Gasteiger partial charge < -0.3 is 15.6 Å². The molecule has 3 N–H and O–H groups in total. The Morgan fingerprint density at radius 3 is 2.75 bits per heavy atom. The molecule has 3 aromatic carbocycles. The Morgan fingerprint density at radius 1 is 1.09 bits per heavy atom. The molecule has 5 rings (SSSR count). The van der Waals surface area contributed by atoms with E-state index in [1.54, 1.807) is 0 Å². The maximum absolute atomic E-state index is 12.1. The molecule has 0 bridgehead atoms. The van der Waals surface area contributed by atoms with Crippen LogP contribution >= 0.6 is 0 Å². The number of H-pyrrole nitrogens is 1. The minimum Gasteiger partial charge on any atom is -0.352 e. The molecule has 164 valence electrons. The molecule has 5 nitrogen and oxygen atoms in total. The summed E-state index contributed by atoms with van der Waals surface area (Å²) in [6.07, 6.45) is 3.75. The summed E-state index contributed by atoms with van der Waals surface area (Å²) in [5.41, 5.74) is 3.88. The summed E-state index contributed by atoms with van der Waals surface area (Å²) >= 11 is 0. The first-order chi connectivity index (χ1) is 15.7. The van der Waals surface area contributed by atoms with Gasteiger partial charge in [0.05, 0.1) is 11.0 Å². The normalized spacial score (nSPS) is 15.8. The maximum Gasteiger partial charge on any atom is 0.201 e. The molecule has 1 aliphatic rings. The first-order valence-electron chi connectivity index (χ1n) is 11.7. The molecule has 32 heavy (non-hydrogen) atoms. The van der Waals surface area contributed by atoms with Crippen molar-refractivity contribution in [1.29, 1.82) is 0 Å². The van der Waals surface area contributed by atoms with Crippen LogP contribution in [0.25, 0.3) is 21.8 Å². The average Bonchev–Trinajstić information content (AvgIpc) is 3.25. The Labute approximate surface area is 188 Å². The number of nitrogens with zero attached hydrogens (tertiary/aromatic N) is 1. The molecule has 1 atom stereocenters. The van der Waals surface area contributed by atoms with Crippen molar-refractivity contribution in [2.45, 2.75) is 38.6 Å². The predicted octanol–water partition coefficient (Wildman–Crippen LogP) is 5.33. The molecule has 2 heterocycles. The number of nitrogens with one attached hydrogen (secondary N) is 3. The van der Waals surface area contributed by atoms with Crippen LogP contribution in [0.2, 0.25) is 0 Å². The fourth-order valence-corrected chi connectivity index (χ4v) is 4.92. The van der Waals surface area contributed by atoms with E-state index < -0.39 is 0 Å². The molecule has 4 aromatic rings. The second-order valence-corrected chi connectivity index (χ2v) is 8.77. The zero-order valence-corrected chi connectivity index (χ0v) is 18.5. The van der Waals surface area contributed by atoms with Gasteiger partial charge in [-0.3, -0.25) is 4.79 Å². The fraction of sp³-hybridized carbons (Fsp3) is 0.333. The lowest BCUT2D eigenvalue weighted by atomic mass is 9.85. The van der Waals surface area contributed by atoms with Gasteiger partial charge in [-0.2, -0.15) is 0 Å². The monoisotopic (exact) mass is 426 g/mol. The summed E-state index contributed by atoms with van der Waals surface area (Å²) < 4.78 is 0. The molecule has 1 unspecified atom stereocenters. The van der Waals surface area contributed by atoms with Gasteiger partial charge in [0.15, 0.2) is 5.78 Å². The lowest BCUT2D eigenvalue weighted by Gasteiger charge is -2.31. The van der Waals surface area contributed by atoms with Gasteiger partial charge in [0.25, 0.3) is 0 Å². The molecule has 0 radical (unpaired) electrons. The number of carbonyl (C=O) groups excluding carboxylic acids is 1. The van der Waals surface area contributed by atoms with E-state index in [4.69, 9.17) is 4.98 Å². The van der Waals surface area contributed by atoms with Gasteiger partial charge in [0.2, 0.25) is 5.95 Å². The van der Waals surface area contributed by atoms with Gasteiger partial charge in [-0.05, 0) is 72.8 Å². The smallest absolute Gasteiger partial charge is 0.201 e. The number of fused-ring (bicyclic) bond motifs is 2. The van der Waals surface area contributed by atoms with E-state index in [0.29, 0.717) is 12.3 Å². The molecule has 0 amide bonds. The van der Waals surface area contributed by atoms with Crippen LogP contribution in [0.15, 0.2) is 60.7 Å². The second-order valence-electron chi connectivity index (χ2n) is 8.77. The van der Waals surface area contributed by atoms with E-state index in [0.717, 1.165) is 54.9 Å². The number of benzene rings is 3. The van der Waals surface area contributed by atoms with Crippen LogP contribution < -0.4 is 10.6 Å². The molecule has 0 spiro atoms. The summed E-state index contributed by atoms with van der Waals surface area (Å²) in [6.45, 7) is 4.00. The van der Waals surface area contributed by atoms with Crippen LogP contribution in [0.4, 0.5) is 5.95 Å². The van der Waals surface area contributed by atoms with Crippen molar-refractivity contribution in [3.63, 3.8) is 0 Å². The number of hydrogen-bond donors (Lipinski definition) is 3. The van der Waals surface area contributed by atoms with Crippen molar-refractivity contribution in [1.82, 2.24) is 15.3 Å². The number of hydrogen-bond acceptors (Lipinski definition) is 4. The zero-order valence-electron chi connectivity index (χ0n) is 18.5. The summed E-state index contributed by atoms with van der Waals surface area (Å²) in [7, 11) is 0. The van der Waals surface area contributed by atoms with E-state index >= 15 is 0 Å². The van der Waals surface area contributed by atoms with Crippen LogP contribution in [0.3, 0.4) is 0 Å². The van der Waals surface area contributed by atoms with Crippen molar-refractivity contribution >= 4 is 33.5 Å². The topological polar surface area (TPSA) is 69.8 Å².